The second-order valence-corrected chi connectivity index (χ2v) is 10.4. The lowest BCUT2D eigenvalue weighted by Gasteiger charge is -2.37. The van der Waals surface area contributed by atoms with Crippen molar-refractivity contribution < 1.29 is 18.3 Å². The summed E-state index contributed by atoms with van der Waals surface area (Å²) in [6.07, 6.45) is 0.588. The molecule has 0 aliphatic carbocycles. The minimum Gasteiger partial charge on any atom is -0.487 e. The van der Waals surface area contributed by atoms with Crippen molar-refractivity contribution in [1.29, 1.82) is 0 Å². The van der Waals surface area contributed by atoms with E-state index in [0.29, 0.717) is 18.2 Å². The number of fused-ring (bicyclic) bond motifs is 1. The molecule has 1 heterocycles. The molecule has 0 amide bonds. The Hall–Kier alpha value is -1.59. The van der Waals surface area contributed by atoms with Crippen LogP contribution in [0.25, 0.3) is 0 Å². The molecule has 162 valence electrons. The van der Waals surface area contributed by atoms with Crippen LogP contribution in [-0.2, 0) is 10.0 Å². The molecular weight excluding hydrogens is 388 g/mol. The first kappa shape index (κ1) is 23.7. The maximum absolute atomic E-state index is 13.4. The van der Waals surface area contributed by atoms with Crippen molar-refractivity contribution in [1.82, 2.24) is 9.21 Å². The van der Waals surface area contributed by atoms with Gasteiger partial charge < -0.3 is 14.7 Å². The van der Waals surface area contributed by atoms with Crippen molar-refractivity contribution in [3.05, 3.63) is 23.8 Å². The van der Waals surface area contributed by atoms with Crippen LogP contribution < -0.4 is 4.74 Å². The van der Waals surface area contributed by atoms with Gasteiger partial charge in [0.05, 0.1) is 6.61 Å². The van der Waals surface area contributed by atoms with E-state index in [4.69, 9.17) is 4.74 Å². The van der Waals surface area contributed by atoms with E-state index in [1.54, 1.807) is 25.1 Å². The van der Waals surface area contributed by atoms with Crippen LogP contribution in [-0.4, -0.2) is 68.7 Å². The van der Waals surface area contributed by atoms with Crippen LogP contribution in [0.5, 0.6) is 5.75 Å². The van der Waals surface area contributed by atoms with E-state index in [1.165, 1.54) is 4.31 Å². The van der Waals surface area contributed by atoms with Gasteiger partial charge in [0.25, 0.3) is 0 Å². The molecule has 0 unspecified atom stereocenters. The predicted octanol–water partition coefficient (Wildman–Crippen LogP) is 2.41. The molecule has 0 spiro atoms. The van der Waals surface area contributed by atoms with Crippen LogP contribution >= 0.6 is 0 Å². The molecule has 2 rings (SSSR count). The molecule has 3 atom stereocenters. The number of likely N-dealkylation sites (N-methyl/N-ethyl adjacent to an activating group) is 1. The smallest absolute Gasteiger partial charge is 0.247 e. The van der Waals surface area contributed by atoms with Crippen molar-refractivity contribution in [3.63, 3.8) is 0 Å². The Kier molecular flexibility index (Phi) is 8.12. The monoisotopic (exact) mass is 422 g/mol. The molecule has 1 aliphatic heterocycles. The SMILES string of the molecule is CC(C)CC#Cc1ccc2c(c1)O[C@H](CN(C)C)[C@H](C)CN([C@@H](C)CO)S2(=O)=O. The number of ether oxygens (including phenoxy) is 1. The van der Waals surface area contributed by atoms with Gasteiger partial charge in [0.1, 0.15) is 16.7 Å². The molecule has 0 aromatic heterocycles. The van der Waals surface area contributed by atoms with E-state index in [0.717, 1.165) is 12.0 Å². The highest BCUT2D eigenvalue weighted by molar-refractivity contribution is 7.89. The van der Waals surface area contributed by atoms with Crippen LogP contribution in [0.3, 0.4) is 0 Å². The highest BCUT2D eigenvalue weighted by Gasteiger charge is 2.37. The third kappa shape index (κ3) is 5.95. The van der Waals surface area contributed by atoms with Crippen LogP contribution in [0, 0.1) is 23.7 Å². The molecule has 29 heavy (non-hydrogen) atoms. The van der Waals surface area contributed by atoms with Gasteiger partial charge in [0, 0.05) is 37.0 Å². The molecule has 6 nitrogen and oxygen atoms in total. The third-order valence-electron chi connectivity index (χ3n) is 4.96. The second kappa shape index (κ2) is 9.94. The lowest BCUT2D eigenvalue weighted by atomic mass is 10.0. The van der Waals surface area contributed by atoms with E-state index < -0.39 is 16.1 Å². The summed E-state index contributed by atoms with van der Waals surface area (Å²) in [6, 6.07) is 4.51. The molecule has 0 bridgehead atoms. The highest BCUT2D eigenvalue weighted by Crippen LogP contribution is 2.34. The van der Waals surface area contributed by atoms with Gasteiger partial charge in [-0.25, -0.2) is 8.42 Å². The fraction of sp³-hybridized carbons (Fsp3) is 0.636. The second-order valence-electron chi connectivity index (χ2n) is 8.56. The summed E-state index contributed by atoms with van der Waals surface area (Å²) < 4.78 is 34.4. The number of benzene rings is 1. The van der Waals surface area contributed by atoms with Crippen LogP contribution in [0.4, 0.5) is 0 Å². The lowest BCUT2D eigenvalue weighted by Crippen LogP contribution is -2.49. The van der Waals surface area contributed by atoms with Crippen molar-refractivity contribution in [2.45, 2.75) is 51.2 Å². The van der Waals surface area contributed by atoms with Gasteiger partial charge >= 0.3 is 0 Å². The first-order chi connectivity index (χ1) is 13.6. The minimum atomic E-state index is -3.80. The summed E-state index contributed by atoms with van der Waals surface area (Å²) in [5.74, 6) is 7.00. The number of aliphatic hydroxyl groups is 1. The zero-order chi connectivity index (χ0) is 21.8. The highest BCUT2D eigenvalue weighted by atomic mass is 32.2. The summed E-state index contributed by atoms with van der Waals surface area (Å²) in [6.45, 7) is 8.63. The number of hydrogen-bond donors (Lipinski definition) is 1. The van der Waals surface area contributed by atoms with Gasteiger partial charge in [-0.3, -0.25) is 0 Å². The first-order valence-electron chi connectivity index (χ1n) is 10.1. The van der Waals surface area contributed by atoms with Crippen LogP contribution in [0.15, 0.2) is 23.1 Å². The molecule has 0 saturated heterocycles. The average Bonchev–Trinajstić information content (AvgIpc) is 2.63. The summed E-state index contributed by atoms with van der Waals surface area (Å²) in [5.41, 5.74) is 0.734. The van der Waals surface area contributed by atoms with Gasteiger partial charge in [-0.1, -0.05) is 32.6 Å². The Morgan fingerprint density at radius 3 is 2.59 bits per heavy atom. The Labute approximate surface area is 175 Å². The van der Waals surface area contributed by atoms with Gasteiger partial charge in [-0.2, -0.15) is 4.31 Å². The Morgan fingerprint density at radius 2 is 2.00 bits per heavy atom. The average molecular weight is 423 g/mol. The largest absolute Gasteiger partial charge is 0.487 e. The van der Waals surface area contributed by atoms with Gasteiger partial charge in [-0.15, -0.1) is 0 Å². The number of rotatable bonds is 5. The number of sulfonamides is 1. The maximum atomic E-state index is 13.4. The molecular formula is C22H34N2O4S. The van der Waals surface area contributed by atoms with Crippen molar-refractivity contribution in [2.24, 2.45) is 11.8 Å². The maximum Gasteiger partial charge on any atom is 0.247 e. The van der Waals surface area contributed by atoms with E-state index in [2.05, 4.69) is 25.7 Å². The lowest BCUT2D eigenvalue weighted by molar-refractivity contribution is 0.0812. The number of nitrogens with zero attached hydrogens (tertiary/aromatic N) is 2. The minimum absolute atomic E-state index is 0.0509. The van der Waals surface area contributed by atoms with Gasteiger partial charge in [0.2, 0.25) is 10.0 Å². The normalized spacial score (nSPS) is 22.8. The van der Waals surface area contributed by atoms with E-state index >= 15 is 0 Å². The topological polar surface area (TPSA) is 70.1 Å². The number of aliphatic hydroxyl groups excluding tert-OH is 1. The molecule has 1 aromatic carbocycles. The standard InChI is InChI=1S/C22H34N2O4S/c1-16(2)8-7-9-19-10-11-22-20(12-19)28-21(14-23(5)6)17(3)13-24(18(4)15-25)29(22,26)27/h10-12,16-18,21,25H,8,13-15H2,1-6H3/t17-,18+,21-/m1/s1. The Bertz CT molecular complexity index is 855. The Balaban J connectivity index is 2.56. The van der Waals surface area contributed by atoms with E-state index in [1.807, 2.05) is 25.9 Å². The van der Waals surface area contributed by atoms with Crippen molar-refractivity contribution in [2.75, 3.05) is 33.8 Å². The van der Waals surface area contributed by atoms with E-state index in [-0.39, 0.29) is 30.1 Å². The zero-order valence-electron chi connectivity index (χ0n) is 18.3. The first-order valence-corrected chi connectivity index (χ1v) is 11.6. The van der Waals surface area contributed by atoms with Crippen molar-refractivity contribution in [3.8, 4) is 17.6 Å². The predicted molar refractivity (Wildman–Crippen MR) is 115 cm³/mol. The summed E-state index contributed by atoms with van der Waals surface area (Å²) in [5, 5.41) is 9.65. The fourth-order valence-electron chi connectivity index (χ4n) is 3.24. The van der Waals surface area contributed by atoms with Crippen LogP contribution in [0.1, 0.15) is 39.7 Å². The molecule has 7 heteroatoms. The van der Waals surface area contributed by atoms with Gasteiger partial charge in [0.15, 0.2) is 0 Å². The van der Waals surface area contributed by atoms with E-state index in [9.17, 15) is 13.5 Å². The van der Waals surface area contributed by atoms with Gasteiger partial charge in [-0.05, 0) is 45.1 Å². The summed E-state index contributed by atoms with van der Waals surface area (Å²) in [4.78, 5) is 2.16. The number of hydrogen-bond acceptors (Lipinski definition) is 5. The zero-order valence-corrected chi connectivity index (χ0v) is 19.2. The van der Waals surface area contributed by atoms with Crippen molar-refractivity contribution >= 4 is 10.0 Å². The fourth-order valence-corrected chi connectivity index (χ4v) is 5.06. The molecule has 0 fully saturated rings. The summed E-state index contributed by atoms with van der Waals surface area (Å²) >= 11 is 0. The summed E-state index contributed by atoms with van der Waals surface area (Å²) in [7, 11) is 0.130. The molecule has 0 radical (unpaired) electrons. The quantitative estimate of drug-likeness (QED) is 0.738. The Morgan fingerprint density at radius 1 is 1.31 bits per heavy atom. The molecule has 1 aromatic rings. The molecule has 1 aliphatic rings. The molecule has 0 saturated carbocycles. The molecule has 1 N–H and O–H groups in total. The third-order valence-corrected chi connectivity index (χ3v) is 6.97. The van der Waals surface area contributed by atoms with Crippen LogP contribution in [0.2, 0.25) is 0 Å².